The maximum Gasteiger partial charge on any atom is 0.418 e. The quantitative estimate of drug-likeness (QED) is 0.833. The van der Waals surface area contributed by atoms with Crippen molar-refractivity contribution in [3.63, 3.8) is 0 Å². The average molecular weight is 258 g/mol. The van der Waals surface area contributed by atoms with E-state index in [0.29, 0.717) is 18.8 Å². The van der Waals surface area contributed by atoms with Gasteiger partial charge in [0.05, 0.1) is 5.56 Å². The number of hydrogen-bond donors (Lipinski definition) is 1. The summed E-state index contributed by atoms with van der Waals surface area (Å²) in [5.41, 5.74) is -0.237. The number of benzene rings is 1. The topological polar surface area (TPSA) is 15.3 Å². The van der Waals surface area contributed by atoms with Crippen molar-refractivity contribution in [2.75, 3.05) is 31.1 Å². The first-order chi connectivity index (χ1) is 8.59. The summed E-state index contributed by atoms with van der Waals surface area (Å²) < 4.78 is 38.8. The van der Waals surface area contributed by atoms with Gasteiger partial charge in [0.2, 0.25) is 0 Å². The van der Waals surface area contributed by atoms with E-state index >= 15 is 0 Å². The Morgan fingerprint density at radius 1 is 1.00 bits per heavy atom. The number of rotatable bonds is 1. The van der Waals surface area contributed by atoms with Crippen molar-refractivity contribution >= 4 is 5.69 Å². The largest absolute Gasteiger partial charge is 0.418 e. The minimum Gasteiger partial charge on any atom is -0.370 e. The van der Waals surface area contributed by atoms with E-state index in [1.807, 2.05) is 4.90 Å². The number of halogens is 3. The maximum absolute atomic E-state index is 12.9. The summed E-state index contributed by atoms with van der Waals surface area (Å²) in [6.07, 6.45) is -2.36. The fourth-order valence-corrected chi connectivity index (χ4v) is 2.23. The Bertz CT molecular complexity index is 382. The molecule has 1 N–H and O–H groups in total. The molecule has 0 bridgehead atoms. The molecule has 0 atom stereocenters. The third kappa shape index (κ3) is 3.16. The molecule has 0 unspecified atom stereocenters. The fourth-order valence-electron chi connectivity index (χ4n) is 2.23. The van der Waals surface area contributed by atoms with Crippen LogP contribution >= 0.6 is 0 Å². The van der Waals surface area contributed by atoms with Gasteiger partial charge in [-0.1, -0.05) is 12.1 Å². The van der Waals surface area contributed by atoms with E-state index in [4.69, 9.17) is 0 Å². The molecule has 0 amide bonds. The van der Waals surface area contributed by atoms with Gasteiger partial charge in [0.1, 0.15) is 0 Å². The molecule has 5 heteroatoms. The normalized spacial score (nSPS) is 18.3. The molecule has 1 aliphatic rings. The second-order valence-corrected chi connectivity index (χ2v) is 4.46. The van der Waals surface area contributed by atoms with Crippen molar-refractivity contribution in [2.45, 2.75) is 19.0 Å². The first kappa shape index (κ1) is 13.2. The van der Waals surface area contributed by atoms with Crippen LogP contribution in [0.2, 0.25) is 0 Å². The number of hydrogen-bond acceptors (Lipinski definition) is 2. The van der Waals surface area contributed by atoms with E-state index < -0.39 is 11.7 Å². The molecule has 1 aromatic carbocycles. The summed E-state index contributed by atoms with van der Waals surface area (Å²) in [5.74, 6) is 0. The molecule has 0 spiro atoms. The minimum atomic E-state index is -4.29. The molecule has 1 aliphatic heterocycles. The van der Waals surface area contributed by atoms with Crippen molar-refractivity contribution in [3.05, 3.63) is 29.8 Å². The second kappa shape index (κ2) is 5.61. The van der Waals surface area contributed by atoms with Crippen LogP contribution < -0.4 is 10.2 Å². The van der Waals surface area contributed by atoms with E-state index in [1.54, 1.807) is 12.1 Å². The number of nitrogens with zero attached hydrogens (tertiary/aromatic N) is 1. The van der Waals surface area contributed by atoms with Gasteiger partial charge < -0.3 is 10.2 Å². The molecule has 1 fully saturated rings. The highest BCUT2D eigenvalue weighted by Crippen LogP contribution is 2.36. The van der Waals surface area contributed by atoms with Crippen molar-refractivity contribution in [2.24, 2.45) is 0 Å². The maximum atomic E-state index is 12.9. The molecule has 0 aromatic heterocycles. The van der Waals surface area contributed by atoms with Crippen LogP contribution in [0.4, 0.5) is 18.9 Å². The Balaban J connectivity index is 2.25. The van der Waals surface area contributed by atoms with Gasteiger partial charge in [0.15, 0.2) is 0 Å². The highest BCUT2D eigenvalue weighted by Gasteiger charge is 2.34. The number of nitrogens with one attached hydrogen (secondary N) is 1. The minimum absolute atomic E-state index is 0.300. The fraction of sp³-hybridized carbons (Fsp3) is 0.538. The molecule has 1 aromatic rings. The van der Waals surface area contributed by atoms with Crippen LogP contribution in [0.3, 0.4) is 0 Å². The lowest BCUT2D eigenvalue weighted by Crippen LogP contribution is -2.37. The Kier molecular flexibility index (Phi) is 4.11. The second-order valence-electron chi connectivity index (χ2n) is 4.46. The van der Waals surface area contributed by atoms with E-state index in [0.717, 1.165) is 32.0 Å². The van der Waals surface area contributed by atoms with E-state index in [-0.39, 0.29) is 0 Å². The van der Waals surface area contributed by atoms with Crippen LogP contribution in [-0.4, -0.2) is 26.2 Å². The third-order valence-corrected chi connectivity index (χ3v) is 3.14. The summed E-state index contributed by atoms with van der Waals surface area (Å²) in [6, 6.07) is 5.82. The van der Waals surface area contributed by atoms with Crippen LogP contribution in [0.25, 0.3) is 0 Å². The van der Waals surface area contributed by atoms with Gasteiger partial charge in [-0.2, -0.15) is 13.2 Å². The Hall–Kier alpha value is -1.23. The number of alkyl halides is 3. The standard InChI is InChI=1S/C13H17F3N2/c14-13(15,16)11-5-1-2-6-12(11)18-9-4-3-7-17-8-10-18/h1-2,5-6,17H,3-4,7-10H2. The van der Waals surface area contributed by atoms with Crippen molar-refractivity contribution in [3.8, 4) is 0 Å². The van der Waals surface area contributed by atoms with Crippen molar-refractivity contribution in [1.82, 2.24) is 5.32 Å². The summed E-state index contributed by atoms with van der Waals surface area (Å²) in [4.78, 5) is 1.83. The molecule has 100 valence electrons. The number of para-hydroxylation sites is 1. The summed E-state index contributed by atoms with van der Waals surface area (Å²) in [5, 5.41) is 3.22. The van der Waals surface area contributed by atoms with E-state index in [1.165, 1.54) is 6.07 Å². The van der Waals surface area contributed by atoms with Gasteiger partial charge in [-0.25, -0.2) is 0 Å². The Morgan fingerprint density at radius 2 is 1.78 bits per heavy atom. The summed E-state index contributed by atoms with van der Waals surface area (Å²) >= 11 is 0. The van der Waals surface area contributed by atoms with Gasteiger partial charge in [-0.3, -0.25) is 0 Å². The Labute approximate surface area is 105 Å². The lowest BCUT2D eigenvalue weighted by atomic mass is 10.1. The predicted octanol–water partition coefficient (Wildman–Crippen LogP) is 2.90. The van der Waals surface area contributed by atoms with Crippen molar-refractivity contribution < 1.29 is 13.2 Å². The molecular weight excluding hydrogens is 241 g/mol. The van der Waals surface area contributed by atoms with Crippen LogP contribution in [0.5, 0.6) is 0 Å². The summed E-state index contributed by atoms with van der Waals surface area (Å²) in [6.45, 7) is 2.99. The van der Waals surface area contributed by atoms with Gasteiger partial charge in [0, 0.05) is 25.3 Å². The Morgan fingerprint density at radius 3 is 2.56 bits per heavy atom. The predicted molar refractivity (Wildman–Crippen MR) is 65.8 cm³/mol. The van der Waals surface area contributed by atoms with Gasteiger partial charge in [-0.15, -0.1) is 0 Å². The molecule has 0 aliphatic carbocycles. The first-order valence-corrected chi connectivity index (χ1v) is 6.21. The molecule has 0 radical (unpaired) electrons. The lowest BCUT2D eigenvalue weighted by Gasteiger charge is -2.29. The highest BCUT2D eigenvalue weighted by atomic mass is 19.4. The smallest absolute Gasteiger partial charge is 0.370 e. The van der Waals surface area contributed by atoms with Gasteiger partial charge in [-0.05, 0) is 31.5 Å². The van der Waals surface area contributed by atoms with Gasteiger partial charge in [0.25, 0.3) is 0 Å². The number of anilines is 1. The monoisotopic (exact) mass is 258 g/mol. The van der Waals surface area contributed by atoms with Crippen LogP contribution in [0.1, 0.15) is 18.4 Å². The van der Waals surface area contributed by atoms with Crippen LogP contribution in [0, 0.1) is 0 Å². The van der Waals surface area contributed by atoms with Gasteiger partial charge >= 0.3 is 6.18 Å². The van der Waals surface area contributed by atoms with E-state index in [2.05, 4.69) is 5.32 Å². The molecule has 2 rings (SSSR count). The highest BCUT2D eigenvalue weighted by molar-refractivity contribution is 5.55. The van der Waals surface area contributed by atoms with Crippen LogP contribution in [-0.2, 0) is 6.18 Å². The average Bonchev–Trinajstić information content (AvgIpc) is 2.27. The third-order valence-electron chi connectivity index (χ3n) is 3.14. The van der Waals surface area contributed by atoms with E-state index in [9.17, 15) is 13.2 Å². The first-order valence-electron chi connectivity index (χ1n) is 6.21. The zero-order valence-corrected chi connectivity index (χ0v) is 10.1. The molecule has 18 heavy (non-hydrogen) atoms. The zero-order valence-electron chi connectivity index (χ0n) is 10.1. The molecule has 0 saturated carbocycles. The van der Waals surface area contributed by atoms with Crippen LogP contribution in [0.15, 0.2) is 24.3 Å². The summed E-state index contributed by atoms with van der Waals surface area (Å²) in [7, 11) is 0. The molecular formula is C13H17F3N2. The molecule has 2 nitrogen and oxygen atoms in total. The lowest BCUT2D eigenvalue weighted by molar-refractivity contribution is -0.137. The molecule has 1 saturated heterocycles. The zero-order chi connectivity index (χ0) is 13.0. The molecule has 1 heterocycles. The SMILES string of the molecule is FC(F)(F)c1ccccc1N1CCCCNCC1. The van der Waals surface area contributed by atoms with Crippen molar-refractivity contribution in [1.29, 1.82) is 0 Å².